The van der Waals surface area contributed by atoms with E-state index in [2.05, 4.69) is 34.5 Å². The minimum atomic E-state index is 0.807. The van der Waals surface area contributed by atoms with Crippen molar-refractivity contribution in [2.24, 2.45) is 10.2 Å². The third-order valence-corrected chi connectivity index (χ3v) is 3.66. The molecule has 0 saturated carbocycles. The molecule has 0 atom stereocenters. The SMILES string of the molecule is Nc1ccc(CCc2ccc(N=Nc3ccccc3)cc2)cc1. The van der Waals surface area contributed by atoms with Crippen molar-refractivity contribution in [3.63, 3.8) is 0 Å². The number of nitrogen functional groups attached to an aromatic ring is 1. The van der Waals surface area contributed by atoms with Crippen molar-refractivity contribution in [3.8, 4) is 0 Å². The van der Waals surface area contributed by atoms with Crippen LogP contribution in [0.3, 0.4) is 0 Å². The third-order valence-electron chi connectivity index (χ3n) is 3.66. The smallest absolute Gasteiger partial charge is 0.0857 e. The molecule has 2 N–H and O–H groups in total. The van der Waals surface area contributed by atoms with E-state index in [1.807, 2.05) is 54.6 Å². The van der Waals surface area contributed by atoms with Gasteiger partial charge in [0, 0.05) is 5.69 Å². The van der Waals surface area contributed by atoms with E-state index < -0.39 is 0 Å². The molecule has 0 fully saturated rings. The molecule has 3 heteroatoms. The molecular weight excluding hydrogens is 282 g/mol. The number of azo groups is 1. The zero-order chi connectivity index (χ0) is 15.9. The number of anilines is 1. The predicted octanol–water partition coefficient (Wildman–Crippen LogP) is 5.47. The Bertz CT molecular complexity index is 760. The summed E-state index contributed by atoms with van der Waals surface area (Å²) in [5.41, 5.74) is 10.8. The number of aryl methyl sites for hydroxylation is 2. The summed E-state index contributed by atoms with van der Waals surface area (Å²) in [6.45, 7) is 0. The largest absolute Gasteiger partial charge is 0.399 e. The van der Waals surface area contributed by atoms with Gasteiger partial charge in [-0.1, -0.05) is 42.5 Å². The summed E-state index contributed by atoms with van der Waals surface area (Å²) in [4.78, 5) is 0. The van der Waals surface area contributed by atoms with Gasteiger partial charge in [-0.25, -0.2) is 0 Å². The Labute approximate surface area is 136 Å². The minimum absolute atomic E-state index is 0.807. The quantitative estimate of drug-likeness (QED) is 0.493. The van der Waals surface area contributed by atoms with E-state index in [9.17, 15) is 0 Å². The van der Waals surface area contributed by atoms with E-state index in [1.165, 1.54) is 11.1 Å². The molecule has 0 aromatic heterocycles. The predicted molar refractivity (Wildman–Crippen MR) is 95.3 cm³/mol. The number of hydrogen-bond donors (Lipinski definition) is 1. The van der Waals surface area contributed by atoms with Gasteiger partial charge in [0.15, 0.2) is 0 Å². The molecule has 0 amide bonds. The van der Waals surface area contributed by atoms with Crippen molar-refractivity contribution in [1.82, 2.24) is 0 Å². The summed E-state index contributed by atoms with van der Waals surface area (Å²) in [6.07, 6.45) is 2.01. The molecule has 0 radical (unpaired) electrons. The van der Waals surface area contributed by atoms with Crippen LogP contribution in [0.15, 0.2) is 89.1 Å². The highest BCUT2D eigenvalue weighted by Crippen LogP contribution is 2.19. The molecule has 0 saturated heterocycles. The molecule has 0 unspecified atom stereocenters. The van der Waals surface area contributed by atoms with E-state index >= 15 is 0 Å². The monoisotopic (exact) mass is 301 g/mol. The first-order chi connectivity index (χ1) is 11.3. The van der Waals surface area contributed by atoms with E-state index in [1.54, 1.807) is 0 Å². The average Bonchev–Trinajstić information content (AvgIpc) is 2.61. The van der Waals surface area contributed by atoms with Gasteiger partial charge in [-0.05, 0) is 60.4 Å². The molecule has 0 heterocycles. The lowest BCUT2D eigenvalue weighted by atomic mass is 10.0. The zero-order valence-electron chi connectivity index (χ0n) is 12.9. The molecule has 3 nitrogen and oxygen atoms in total. The summed E-state index contributed by atoms with van der Waals surface area (Å²) in [5.74, 6) is 0. The van der Waals surface area contributed by atoms with Gasteiger partial charge in [-0.3, -0.25) is 0 Å². The van der Waals surface area contributed by atoms with Crippen LogP contribution in [0.25, 0.3) is 0 Å². The van der Waals surface area contributed by atoms with Crippen molar-refractivity contribution in [3.05, 3.63) is 90.0 Å². The van der Waals surface area contributed by atoms with E-state index in [4.69, 9.17) is 5.73 Å². The van der Waals surface area contributed by atoms with Crippen LogP contribution >= 0.6 is 0 Å². The lowest BCUT2D eigenvalue weighted by Crippen LogP contribution is -1.92. The van der Waals surface area contributed by atoms with Crippen molar-refractivity contribution < 1.29 is 0 Å². The van der Waals surface area contributed by atoms with E-state index in [-0.39, 0.29) is 0 Å². The average molecular weight is 301 g/mol. The van der Waals surface area contributed by atoms with Gasteiger partial charge in [-0.15, -0.1) is 0 Å². The van der Waals surface area contributed by atoms with Gasteiger partial charge in [0.25, 0.3) is 0 Å². The van der Waals surface area contributed by atoms with Crippen LogP contribution in [0.4, 0.5) is 17.1 Å². The summed E-state index contributed by atoms with van der Waals surface area (Å²) >= 11 is 0. The molecule has 3 aromatic rings. The number of hydrogen-bond acceptors (Lipinski definition) is 3. The Morgan fingerprint density at radius 2 is 1.04 bits per heavy atom. The second-order valence-corrected chi connectivity index (χ2v) is 5.44. The highest BCUT2D eigenvalue weighted by atomic mass is 15.1. The zero-order valence-corrected chi connectivity index (χ0v) is 12.9. The lowest BCUT2D eigenvalue weighted by molar-refractivity contribution is 0.960. The molecule has 114 valence electrons. The van der Waals surface area contributed by atoms with Crippen LogP contribution in [-0.2, 0) is 12.8 Å². The van der Waals surface area contributed by atoms with Crippen molar-refractivity contribution in [2.75, 3.05) is 5.73 Å². The van der Waals surface area contributed by atoms with Crippen LogP contribution in [0.2, 0.25) is 0 Å². The Morgan fingerprint density at radius 1 is 0.565 bits per heavy atom. The minimum Gasteiger partial charge on any atom is -0.399 e. The number of rotatable bonds is 5. The maximum atomic E-state index is 5.70. The van der Waals surface area contributed by atoms with Crippen molar-refractivity contribution in [1.29, 1.82) is 0 Å². The summed E-state index contributed by atoms with van der Waals surface area (Å²) in [7, 11) is 0. The van der Waals surface area contributed by atoms with Gasteiger partial charge in [-0.2, -0.15) is 10.2 Å². The van der Waals surface area contributed by atoms with Crippen molar-refractivity contribution in [2.45, 2.75) is 12.8 Å². The number of nitrogens with two attached hydrogens (primary N) is 1. The second kappa shape index (κ2) is 7.36. The summed E-state index contributed by atoms with van der Waals surface area (Å²) in [6, 6.07) is 26.0. The van der Waals surface area contributed by atoms with Crippen LogP contribution in [0.1, 0.15) is 11.1 Å². The maximum Gasteiger partial charge on any atom is 0.0857 e. The maximum absolute atomic E-state index is 5.70. The highest BCUT2D eigenvalue weighted by molar-refractivity contribution is 5.42. The molecule has 0 aliphatic carbocycles. The first kappa shape index (κ1) is 15.0. The molecule has 0 aliphatic rings. The second-order valence-electron chi connectivity index (χ2n) is 5.44. The van der Waals surface area contributed by atoms with E-state index in [0.29, 0.717) is 0 Å². The molecular formula is C20H19N3. The Balaban J connectivity index is 1.58. The van der Waals surface area contributed by atoms with E-state index in [0.717, 1.165) is 29.9 Å². The van der Waals surface area contributed by atoms with Gasteiger partial charge in [0.1, 0.15) is 0 Å². The Morgan fingerprint density at radius 3 is 1.61 bits per heavy atom. The van der Waals surface area contributed by atoms with Gasteiger partial charge in [0.05, 0.1) is 11.4 Å². The molecule has 0 spiro atoms. The molecule has 0 bridgehead atoms. The van der Waals surface area contributed by atoms with Crippen LogP contribution < -0.4 is 5.73 Å². The third kappa shape index (κ3) is 4.51. The van der Waals surface area contributed by atoms with Crippen LogP contribution in [0, 0.1) is 0 Å². The topological polar surface area (TPSA) is 50.7 Å². The highest BCUT2D eigenvalue weighted by Gasteiger charge is 1.97. The van der Waals surface area contributed by atoms with Gasteiger partial charge >= 0.3 is 0 Å². The molecule has 3 rings (SSSR count). The van der Waals surface area contributed by atoms with Crippen LogP contribution in [-0.4, -0.2) is 0 Å². The first-order valence-corrected chi connectivity index (χ1v) is 7.70. The lowest BCUT2D eigenvalue weighted by Gasteiger charge is -2.03. The number of nitrogens with zero attached hydrogens (tertiary/aromatic N) is 2. The standard InChI is InChI=1S/C20H19N3/c21-18-12-8-16(9-13-18)6-7-17-10-14-20(15-11-17)23-22-19-4-2-1-3-5-19/h1-5,8-15H,6-7,21H2. The van der Waals surface area contributed by atoms with Gasteiger partial charge in [0.2, 0.25) is 0 Å². The Kier molecular flexibility index (Phi) is 4.79. The fraction of sp³-hybridized carbons (Fsp3) is 0.100. The molecule has 23 heavy (non-hydrogen) atoms. The summed E-state index contributed by atoms with van der Waals surface area (Å²) in [5, 5.41) is 8.48. The Hall–Kier alpha value is -2.94. The molecule has 3 aromatic carbocycles. The molecule has 0 aliphatic heterocycles. The summed E-state index contributed by atoms with van der Waals surface area (Å²) < 4.78 is 0. The fourth-order valence-electron chi connectivity index (χ4n) is 2.31. The number of benzene rings is 3. The fourth-order valence-corrected chi connectivity index (χ4v) is 2.31. The normalized spacial score (nSPS) is 11.0. The first-order valence-electron chi connectivity index (χ1n) is 7.70. The van der Waals surface area contributed by atoms with Crippen LogP contribution in [0.5, 0.6) is 0 Å². The van der Waals surface area contributed by atoms with Crippen molar-refractivity contribution >= 4 is 17.1 Å². The van der Waals surface area contributed by atoms with Gasteiger partial charge < -0.3 is 5.73 Å².